The predicted octanol–water partition coefficient (Wildman–Crippen LogP) is 4.75. The number of rotatable bonds is 6. The Hall–Kier alpha value is -1.82. The molecule has 0 amide bonds. The highest BCUT2D eigenvalue weighted by Gasteiger charge is 2.55. The molecule has 5 nitrogen and oxygen atoms in total. The number of H-pyrrole nitrogens is 1. The van der Waals surface area contributed by atoms with Crippen LogP contribution < -0.4 is 4.74 Å². The van der Waals surface area contributed by atoms with Gasteiger partial charge in [-0.05, 0) is 87.5 Å². The average molecular weight is 398 g/mol. The second kappa shape index (κ2) is 6.90. The number of methoxy groups -OCH3 is 1. The standard InChI is InChI=1S/C22H27N3O2S/c1-13(19(26)22-10-14-7-15(11-22)9-16(8-14)12-22)28-21-23-20(24-25-21)17-3-5-18(27-2)6-4-17/h3-6,13-16H,7-12H2,1-2H3,(H,23,24,25). The van der Waals surface area contributed by atoms with Gasteiger partial charge in [0.05, 0.1) is 12.4 Å². The SMILES string of the molecule is COc1ccc(-c2nc(SC(C)C(=O)C34CC5CC(CC(C5)C3)C4)n[nH]2)cc1. The predicted molar refractivity (Wildman–Crippen MR) is 109 cm³/mol. The molecular weight excluding hydrogens is 370 g/mol. The van der Waals surface area contributed by atoms with E-state index in [2.05, 4.69) is 15.2 Å². The van der Waals surface area contributed by atoms with Crippen molar-refractivity contribution in [3.8, 4) is 17.1 Å². The van der Waals surface area contributed by atoms with Crippen LogP contribution in [-0.2, 0) is 4.79 Å². The Balaban J connectivity index is 1.28. The molecule has 1 atom stereocenters. The highest BCUT2D eigenvalue weighted by molar-refractivity contribution is 8.00. The fourth-order valence-corrected chi connectivity index (χ4v) is 7.15. The topological polar surface area (TPSA) is 67.9 Å². The first kappa shape index (κ1) is 18.2. The Morgan fingerprint density at radius 1 is 1.14 bits per heavy atom. The van der Waals surface area contributed by atoms with Gasteiger partial charge in [0.15, 0.2) is 11.6 Å². The fraction of sp³-hybridized carbons (Fsp3) is 0.591. The van der Waals surface area contributed by atoms with Crippen molar-refractivity contribution in [3.05, 3.63) is 24.3 Å². The summed E-state index contributed by atoms with van der Waals surface area (Å²) in [4.78, 5) is 18.1. The van der Waals surface area contributed by atoms with Crippen molar-refractivity contribution >= 4 is 17.5 Å². The molecule has 4 fully saturated rings. The number of Topliss-reactive ketones (excluding diaryl/α,β-unsaturated/α-hetero) is 1. The molecule has 6 heteroatoms. The molecule has 1 unspecified atom stereocenters. The lowest BCUT2D eigenvalue weighted by Gasteiger charge is -2.56. The van der Waals surface area contributed by atoms with Crippen LogP contribution in [0.1, 0.15) is 45.4 Å². The first-order valence-electron chi connectivity index (χ1n) is 10.3. The third kappa shape index (κ3) is 3.15. The second-order valence-corrected chi connectivity index (χ2v) is 10.3. The van der Waals surface area contributed by atoms with E-state index in [9.17, 15) is 4.79 Å². The number of nitrogens with zero attached hydrogens (tertiary/aromatic N) is 2. The van der Waals surface area contributed by atoms with Crippen LogP contribution in [0.2, 0.25) is 0 Å². The van der Waals surface area contributed by atoms with Gasteiger partial charge in [0.1, 0.15) is 5.75 Å². The van der Waals surface area contributed by atoms with Gasteiger partial charge in [-0.25, -0.2) is 4.98 Å². The van der Waals surface area contributed by atoms with Gasteiger partial charge in [0.25, 0.3) is 0 Å². The van der Waals surface area contributed by atoms with Crippen molar-refractivity contribution in [1.29, 1.82) is 0 Å². The van der Waals surface area contributed by atoms with E-state index in [-0.39, 0.29) is 10.7 Å². The maximum absolute atomic E-state index is 13.4. The molecule has 4 bridgehead atoms. The Morgan fingerprint density at radius 3 is 2.32 bits per heavy atom. The van der Waals surface area contributed by atoms with Crippen molar-refractivity contribution in [3.63, 3.8) is 0 Å². The molecule has 4 aliphatic carbocycles. The first-order valence-corrected chi connectivity index (χ1v) is 11.2. The summed E-state index contributed by atoms with van der Waals surface area (Å²) in [5.74, 6) is 4.34. The molecule has 0 aliphatic heterocycles. The molecule has 4 aliphatic rings. The van der Waals surface area contributed by atoms with E-state index in [1.807, 2.05) is 31.2 Å². The van der Waals surface area contributed by atoms with Gasteiger partial charge < -0.3 is 4.74 Å². The number of hydrogen-bond donors (Lipinski definition) is 1. The molecule has 2 aromatic rings. The minimum Gasteiger partial charge on any atom is -0.497 e. The number of hydrogen-bond acceptors (Lipinski definition) is 5. The summed E-state index contributed by atoms with van der Waals surface area (Å²) in [7, 11) is 1.65. The first-order chi connectivity index (χ1) is 13.5. The Morgan fingerprint density at radius 2 is 1.75 bits per heavy atom. The summed E-state index contributed by atoms with van der Waals surface area (Å²) in [6.07, 6.45) is 7.44. The zero-order chi connectivity index (χ0) is 19.3. The molecule has 0 spiro atoms. The van der Waals surface area contributed by atoms with Gasteiger partial charge in [-0.2, -0.15) is 0 Å². The van der Waals surface area contributed by atoms with Gasteiger partial charge in [-0.3, -0.25) is 9.89 Å². The summed E-state index contributed by atoms with van der Waals surface area (Å²) < 4.78 is 5.20. The third-order valence-electron chi connectivity index (χ3n) is 7.04. The lowest BCUT2D eigenvalue weighted by molar-refractivity contribution is -0.142. The normalized spacial score (nSPS) is 31.7. The number of ketones is 1. The largest absolute Gasteiger partial charge is 0.497 e. The highest BCUT2D eigenvalue weighted by Crippen LogP contribution is 2.61. The highest BCUT2D eigenvalue weighted by atomic mass is 32.2. The number of aromatic amines is 1. The summed E-state index contributed by atoms with van der Waals surface area (Å²) in [5.41, 5.74) is 0.899. The van der Waals surface area contributed by atoms with Crippen LogP contribution in [-0.4, -0.2) is 33.3 Å². The van der Waals surface area contributed by atoms with Crippen molar-refractivity contribution in [2.75, 3.05) is 7.11 Å². The monoisotopic (exact) mass is 397 g/mol. The quantitative estimate of drug-likeness (QED) is 0.713. The van der Waals surface area contributed by atoms with Crippen molar-refractivity contribution in [1.82, 2.24) is 15.2 Å². The molecule has 4 saturated carbocycles. The van der Waals surface area contributed by atoms with Crippen LogP contribution >= 0.6 is 11.8 Å². The average Bonchev–Trinajstić information content (AvgIpc) is 3.15. The number of carbonyl (C=O) groups is 1. The lowest BCUT2D eigenvalue weighted by Crippen LogP contribution is -2.51. The van der Waals surface area contributed by atoms with Gasteiger partial charge in [-0.1, -0.05) is 11.8 Å². The Labute approximate surface area is 170 Å². The minimum absolute atomic E-state index is 0.0592. The van der Waals surface area contributed by atoms with E-state index >= 15 is 0 Å². The number of carbonyl (C=O) groups excluding carboxylic acids is 1. The molecular formula is C22H27N3O2S. The lowest BCUT2D eigenvalue weighted by atomic mass is 9.48. The van der Waals surface area contributed by atoms with E-state index in [0.29, 0.717) is 10.9 Å². The fourth-order valence-electron chi connectivity index (χ4n) is 6.23. The molecule has 0 saturated heterocycles. The maximum Gasteiger partial charge on any atom is 0.209 e. The van der Waals surface area contributed by atoms with Crippen LogP contribution in [0.5, 0.6) is 5.75 Å². The third-order valence-corrected chi connectivity index (χ3v) is 8.00. The van der Waals surface area contributed by atoms with Crippen LogP contribution in [0, 0.1) is 23.2 Å². The Kier molecular flexibility index (Phi) is 4.49. The van der Waals surface area contributed by atoms with E-state index in [4.69, 9.17) is 4.74 Å². The van der Waals surface area contributed by atoms with E-state index in [0.717, 1.165) is 54.2 Å². The van der Waals surface area contributed by atoms with Gasteiger partial charge in [0, 0.05) is 11.0 Å². The molecule has 1 heterocycles. The van der Waals surface area contributed by atoms with Crippen LogP contribution in [0.4, 0.5) is 0 Å². The Bertz CT molecular complexity index is 841. The van der Waals surface area contributed by atoms with Crippen molar-refractivity contribution < 1.29 is 9.53 Å². The van der Waals surface area contributed by atoms with Gasteiger partial charge in [0.2, 0.25) is 5.16 Å². The molecule has 1 aromatic heterocycles. The number of ether oxygens (including phenoxy) is 1. The molecule has 1 N–H and O–H groups in total. The number of thioether (sulfide) groups is 1. The molecule has 1 aromatic carbocycles. The van der Waals surface area contributed by atoms with Crippen molar-refractivity contribution in [2.24, 2.45) is 23.2 Å². The maximum atomic E-state index is 13.4. The number of nitrogens with one attached hydrogen (secondary N) is 1. The molecule has 28 heavy (non-hydrogen) atoms. The zero-order valence-corrected chi connectivity index (χ0v) is 17.3. The summed E-state index contributed by atoms with van der Waals surface area (Å²) in [6, 6.07) is 7.73. The van der Waals surface area contributed by atoms with E-state index in [1.165, 1.54) is 31.0 Å². The summed E-state index contributed by atoms with van der Waals surface area (Å²) in [6.45, 7) is 2.04. The number of benzene rings is 1. The molecule has 6 rings (SSSR count). The minimum atomic E-state index is -0.101. The van der Waals surface area contributed by atoms with Crippen LogP contribution in [0.3, 0.4) is 0 Å². The van der Waals surface area contributed by atoms with E-state index < -0.39 is 0 Å². The van der Waals surface area contributed by atoms with Crippen LogP contribution in [0.15, 0.2) is 29.4 Å². The van der Waals surface area contributed by atoms with Gasteiger partial charge >= 0.3 is 0 Å². The van der Waals surface area contributed by atoms with Crippen molar-refractivity contribution in [2.45, 2.75) is 55.9 Å². The smallest absolute Gasteiger partial charge is 0.209 e. The molecule has 148 valence electrons. The molecule has 0 radical (unpaired) electrons. The summed E-state index contributed by atoms with van der Waals surface area (Å²) in [5, 5.41) is 7.90. The van der Waals surface area contributed by atoms with Gasteiger partial charge in [-0.15, -0.1) is 5.10 Å². The second-order valence-electron chi connectivity index (χ2n) is 9.02. The van der Waals surface area contributed by atoms with Crippen LogP contribution in [0.25, 0.3) is 11.4 Å². The summed E-state index contributed by atoms with van der Waals surface area (Å²) >= 11 is 1.50. The number of aromatic nitrogens is 3. The zero-order valence-electron chi connectivity index (χ0n) is 16.5. The van der Waals surface area contributed by atoms with E-state index in [1.54, 1.807) is 7.11 Å².